The molecule has 2 fully saturated rings. The number of fused-ring (bicyclic) bond motifs is 1. The molecule has 6 heteroatoms. The number of halogens is 1. The van der Waals surface area contributed by atoms with E-state index in [0.29, 0.717) is 0 Å². The Balaban J connectivity index is 1.56. The molecule has 1 aliphatic carbocycles. The molecule has 0 aromatic heterocycles. The molecule has 1 aliphatic heterocycles. The SMILES string of the molecule is O=C(CN1C(=O)C2CCCCC2C1=O)NCc1ccc(F)cc1. The molecule has 3 rings (SSSR count). The average molecular weight is 318 g/mol. The second kappa shape index (κ2) is 6.48. The zero-order valence-corrected chi connectivity index (χ0v) is 12.8. The van der Waals surface area contributed by atoms with E-state index in [1.807, 2.05) is 0 Å². The molecule has 122 valence electrons. The van der Waals surface area contributed by atoms with Gasteiger partial charge in [-0.05, 0) is 30.5 Å². The summed E-state index contributed by atoms with van der Waals surface area (Å²) < 4.78 is 12.8. The van der Waals surface area contributed by atoms with Crippen molar-refractivity contribution in [3.05, 3.63) is 35.6 Å². The number of rotatable bonds is 4. The van der Waals surface area contributed by atoms with Crippen LogP contribution in [-0.4, -0.2) is 29.2 Å². The van der Waals surface area contributed by atoms with Crippen LogP contribution < -0.4 is 5.32 Å². The van der Waals surface area contributed by atoms with Crippen LogP contribution in [0.5, 0.6) is 0 Å². The van der Waals surface area contributed by atoms with Crippen LogP contribution in [0.3, 0.4) is 0 Å². The highest BCUT2D eigenvalue weighted by Gasteiger charge is 2.48. The maximum atomic E-state index is 12.8. The molecule has 1 heterocycles. The summed E-state index contributed by atoms with van der Waals surface area (Å²) in [6.45, 7) is 0.00799. The Morgan fingerprint density at radius 2 is 1.65 bits per heavy atom. The zero-order chi connectivity index (χ0) is 16.4. The van der Waals surface area contributed by atoms with Crippen LogP contribution in [0.4, 0.5) is 4.39 Å². The quantitative estimate of drug-likeness (QED) is 0.858. The van der Waals surface area contributed by atoms with Gasteiger partial charge in [-0.25, -0.2) is 4.39 Å². The van der Waals surface area contributed by atoms with Crippen LogP contribution in [0, 0.1) is 17.7 Å². The molecule has 5 nitrogen and oxygen atoms in total. The van der Waals surface area contributed by atoms with E-state index in [1.165, 1.54) is 12.1 Å². The molecule has 2 atom stereocenters. The van der Waals surface area contributed by atoms with Gasteiger partial charge in [-0.15, -0.1) is 0 Å². The summed E-state index contributed by atoms with van der Waals surface area (Å²) in [6.07, 6.45) is 3.40. The number of hydrogen-bond acceptors (Lipinski definition) is 3. The van der Waals surface area contributed by atoms with Gasteiger partial charge in [0.25, 0.3) is 0 Å². The van der Waals surface area contributed by atoms with Gasteiger partial charge in [0.15, 0.2) is 0 Å². The van der Waals surface area contributed by atoms with Crippen molar-refractivity contribution in [1.82, 2.24) is 10.2 Å². The van der Waals surface area contributed by atoms with Gasteiger partial charge in [0, 0.05) is 6.54 Å². The van der Waals surface area contributed by atoms with Crippen molar-refractivity contribution in [2.45, 2.75) is 32.2 Å². The van der Waals surface area contributed by atoms with Gasteiger partial charge in [-0.1, -0.05) is 25.0 Å². The van der Waals surface area contributed by atoms with E-state index in [1.54, 1.807) is 12.1 Å². The van der Waals surface area contributed by atoms with E-state index >= 15 is 0 Å². The van der Waals surface area contributed by atoms with Crippen molar-refractivity contribution >= 4 is 17.7 Å². The number of benzene rings is 1. The molecule has 2 aliphatic rings. The van der Waals surface area contributed by atoms with Crippen molar-refractivity contribution in [3.63, 3.8) is 0 Å². The lowest BCUT2D eigenvalue weighted by Crippen LogP contribution is -2.40. The fourth-order valence-corrected chi connectivity index (χ4v) is 3.39. The monoisotopic (exact) mass is 318 g/mol. The Morgan fingerprint density at radius 3 is 2.22 bits per heavy atom. The average Bonchev–Trinajstić information content (AvgIpc) is 2.80. The first-order chi connectivity index (χ1) is 11.1. The van der Waals surface area contributed by atoms with Gasteiger partial charge in [0.2, 0.25) is 17.7 Å². The third-order valence-corrected chi connectivity index (χ3v) is 4.64. The fourth-order valence-electron chi connectivity index (χ4n) is 3.39. The van der Waals surface area contributed by atoms with E-state index in [9.17, 15) is 18.8 Å². The topological polar surface area (TPSA) is 66.5 Å². The molecule has 23 heavy (non-hydrogen) atoms. The van der Waals surface area contributed by atoms with Crippen LogP contribution in [0.2, 0.25) is 0 Å². The number of carbonyl (C=O) groups is 3. The number of carbonyl (C=O) groups excluding carboxylic acids is 3. The highest BCUT2D eigenvalue weighted by atomic mass is 19.1. The van der Waals surface area contributed by atoms with Gasteiger partial charge >= 0.3 is 0 Å². The molecule has 0 bridgehead atoms. The first kappa shape index (κ1) is 15.6. The van der Waals surface area contributed by atoms with Crippen LogP contribution >= 0.6 is 0 Å². The summed E-state index contributed by atoms with van der Waals surface area (Å²) in [5.41, 5.74) is 0.757. The number of amides is 3. The smallest absolute Gasteiger partial charge is 0.240 e. The first-order valence-electron chi connectivity index (χ1n) is 7.92. The summed E-state index contributed by atoms with van der Waals surface area (Å²) in [4.78, 5) is 37.7. The molecule has 1 saturated carbocycles. The fraction of sp³-hybridized carbons (Fsp3) is 0.471. The van der Waals surface area contributed by atoms with Gasteiger partial charge in [0.05, 0.1) is 11.8 Å². The third kappa shape index (κ3) is 3.25. The Kier molecular flexibility index (Phi) is 4.41. The Morgan fingerprint density at radius 1 is 1.09 bits per heavy atom. The Bertz CT molecular complexity index is 605. The molecule has 1 aromatic carbocycles. The first-order valence-corrected chi connectivity index (χ1v) is 7.92. The third-order valence-electron chi connectivity index (χ3n) is 4.64. The molecule has 0 spiro atoms. The van der Waals surface area contributed by atoms with Crippen molar-refractivity contribution in [2.75, 3.05) is 6.54 Å². The number of imide groups is 1. The van der Waals surface area contributed by atoms with Crippen molar-refractivity contribution in [2.24, 2.45) is 11.8 Å². The molecular weight excluding hydrogens is 299 g/mol. The lowest BCUT2D eigenvalue weighted by Gasteiger charge is -2.19. The predicted octanol–water partition coefficient (Wildman–Crippen LogP) is 1.62. The molecule has 0 radical (unpaired) electrons. The van der Waals surface area contributed by atoms with E-state index < -0.39 is 0 Å². The largest absolute Gasteiger partial charge is 0.350 e. The van der Waals surface area contributed by atoms with Crippen molar-refractivity contribution in [1.29, 1.82) is 0 Å². The van der Waals surface area contributed by atoms with E-state index in [0.717, 1.165) is 36.1 Å². The maximum absolute atomic E-state index is 12.8. The molecule has 1 saturated heterocycles. The van der Waals surface area contributed by atoms with Crippen LogP contribution in [0.15, 0.2) is 24.3 Å². The standard InChI is InChI=1S/C17H19FN2O3/c18-12-7-5-11(6-8-12)9-19-15(21)10-20-16(22)13-3-1-2-4-14(13)17(20)23/h5-8,13-14H,1-4,9-10H2,(H,19,21). The predicted molar refractivity (Wildman–Crippen MR) is 80.4 cm³/mol. The second-order valence-electron chi connectivity index (χ2n) is 6.16. The van der Waals surface area contributed by atoms with Crippen molar-refractivity contribution in [3.8, 4) is 0 Å². The van der Waals surface area contributed by atoms with E-state index in [4.69, 9.17) is 0 Å². The summed E-state index contributed by atoms with van der Waals surface area (Å²) >= 11 is 0. The number of nitrogens with one attached hydrogen (secondary N) is 1. The van der Waals surface area contributed by atoms with Gasteiger partial charge in [-0.2, -0.15) is 0 Å². The van der Waals surface area contributed by atoms with Crippen molar-refractivity contribution < 1.29 is 18.8 Å². The minimum absolute atomic E-state index is 0.211. The molecular formula is C17H19FN2O3. The van der Waals surface area contributed by atoms with Gasteiger partial charge < -0.3 is 5.32 Å². The molecule has 1 aromatic rings. The van der Waals surface area contributed by atoms with Gasteiger partial charge in [-0.3, -0.25) is 19.3 Å². The molecule has 3 amide bonds. The minimum Gasteiger partial charge on any atom is -0.350 e. The van der Waals surface area contributed by atoms with E-state index in [-0.39, 0.29) is 48.5 Å². The minimum atomic E-state index is -0.380. The normalized spacial score (nSPS) is 23.8. The lowest BCUT2D eigenvalue weighted by molar-refractivity contribution is -0.143. The summed E-state index contributed by atoms with van der Waals surface area (Å²) in [5.74, 6) is -1.61. The summed E-state index contributed by atoms with van der Waals surface area (Å²) in [6, 6.07) is 5.80. The van der Waals surface area contributed by atoms with Crippen LogP contribution in [0.25, 0.3) is 0 Å². The zero-order valence-electron chi connectivity index (χ0n) is 12.8. The van der Waals surface area contributed by atoms with Crippen LogP contribution in [0.1, 0.15) is 31.2 Å². The summed E-state index contributed by atoms with van der Waals surface area (Å²) in [7, 11) is 0. The summed E-state index contributed by atoms with van der Waals surface area (Å²) in [5, 5.41) is 2.66. The number of nitrogens with zero attached hydrogens (tertiary/aromatic N) is 1. The number of hydrogen-bond donors (Lipinski definition) is 1. The van der Waals surface area contributed by atoms with Gasteiger partial charge in [0.1, 0.15) is 12.4 Å². The highest BCUT2D eigenvalue weighted by molar-refractivity contribution is 6.07. The molecule has 2 unspecified atom stereocenters. The highest BCUT2D eigenvalue weighted by Crippen LogP contribution is 2.37. The lowest BCUT2D eigenvalue weighted by atomic mass is 9.81. The maximum Gasteiger partial charge on any atom is 0.240 e. The Labute approximate surface area is 133 Å². The van der Waals surface area contributed by atoms with E-state index in [2.05, 4.69) is 5.32 Å². The second-order valence-corrected chi connectivity index (χ2v) is 6.16. The Hall–Kier alpha value is -2.24. The van der Waals surface area contributed by atoms with Crippen LogP contribution in [-0.2, 0) is 20.9 Å². The molecule has 1 N–H and O–H groups in total. The number of likely N-dealkylation sites (tertiary alicyclic amines) is 1.